The molecular weight excluding hydrogens is 372 g/mol. The molecule has 0 bridgehead atoms. The maximum atomic E-state index is 13.1. The standard InChI is InChI=1S/C22H24N2O3S/c1-13-9-14(2)11-17(10-13)24(4)22(25)20-15(3)23-21(28-20)16-7-8-18(26-5)19(12-16)27-6/h7-12H,1-6H3. The summed E-state index contributed by atoms with van der Waals surface area (Å²) in [4.78, 5) is 20.0. The first-order chi connectivity index (χ1) is 13.3. The second-order valence-electron chi connectivity index (χ2n) is 6.71. The van der Waals surface area contributed by atoms with Gasteiger partial charge in [0.1, 0.15) is 9.88 Å². The molecule has 5 nitrogen and oxygen atoms in total. The average molecular weight is 397 g/mol. The second kappa shape index (κ2) is 8.02. The fourth-order valence-corrected chi connectivity index (χ4v) is 4.14. The Hall–Kier alpha value is -2.86. The highest BCUT2D eigenvalue weighted by Crippen LogP contribution is 2.35. The van der Waals surface area contributed by atoms with Crippen molar-refractivity contribution < 1.29 is 14.3 Å². The molecule has 0 radical (unpaired) electrons. The van der Waals surface area contributed by atoms with E-state index in [9.17, 15) is 4.79 Å². The predicted molar refractivity (Wildman–Crippen MR) is 114 cm³/mol. The minimum atomic E-state index is -0.0632. The molecule has 3 aromatic rings. The number of thiazole rings is 1. The summed E-state index contributed by atoms with van der Waals surface area (Å²) in [6.07, 6.45) is 0. The van der Waals surface area contributed by atoms with E-state index < -0.39 is 0 Å². The molecule has 1 aromatic heterocycles. The fraction of sp³-hybridized carbons (Fsp3) is 0.273. The van der Waals surface area contributed by atoms with Crippen molar-refractivity contribution >= 4 is 22.9 Å². The number of hydrogen-bond donors (Lipinski definition) is 0. The number of anilines is 1. The van der Waals surface area contributed by atoms with E-state index in [2.05, 4.69) is 11.1 Å². The monoisotopic (exact) mass is 396 g/mol. The van der Waals surface area contributed by atoms with Gasteiger partial charge >= 0.3 is 0 Å². The molecule has 146 valence electrons. The topological polar surface area (TPSA) is 51.7 Å². The fourth-order valence-electron chi connectivity index (χ4n) is 3.10. The van der Waals surface area contributed by atoms with Crippen LogP contribution in [0.5, 0.6) is 11.5 Å². The Labute approximate surface area is 169 Å². The molecule has 1 amide bonds. The van der Waals surface area contributed by atoms with Gasteiger partial charge in [0.15, 0.2) is 11.5 Å². The van der Waals surface area contributed by atoms with Crippen molar-refractivity contribution in [3.63, 3.8) is 0 Å². The number of aryl methyl sites for hydroxylation is 3. The van der Waals surface area contributed by atoms with Gasteiger partial charge < -0.3 is 14.4 Å². The third-order valence-electron chi connectivity index (χ3n) is 4.52. The number of nitrogens with zero attached hydrogens (tertiary/aromatic N) is 2. The maximum absolute atomic E-state index is 13.1. The van der Waals surface area contributed by atoms with Crippen LogP contribution < -0.4 is 14.4 Å². The largest absolute Gasteiger partial charge is 0.493 e. The van der Waals surface area contributed by atoms with E-state index >= 15 is 0 Å². The highest BCUT2D eigenvalue weighted by molar-refractivity contribution is 7.17. The summed E-state index contributed by atoms with van der Waals surface area (Å²) in [5.74, 6) is 1.23. The summed E-state index contributed by atoms with van der Waals surface area (Å²) in [6.45, 7) is 5.92. The number of amides is 1. The Balaban J connectivity index is 1.94. The van der Waals surface area contributed by atoms with Gasteiger partial charge in [-0.2, -0.15) is 0 Å². The van der Waals surface area contributed by atoms with Crippen LogP contribution in [0.4, 0.5) is 5.69 Å². The smallest absolute Gasteiger partial charge is 0.270 e. The molecule has 0 N–H and O–H groups in total. The summed E-state index contributed by atoms with van der Waals surface area (Å²) in [7, 11) is 5.00. The number of benzene rings is 2. The molecule has 3 rings (SSSR count). The van der Waals surface area contributed by atoms with Crippen LogP contribution in [-0.4, -0.2) is 32.2 Å². The first-order valence-electron chi connectivity index (χ1n) is 8.90. The van der Waals surface area contributed by atoms with Crippen LogP contribution in [0.15, 0.2) is 36.4 Å². The van der Waals surface area contributed by atoms with Crippen molar-refractivity contribution in [2.24, 2.45) is 0 Å². The minimum Gasteiger partial charge on any atom is -0.493 e. The van der Waals surface area contributed by atoms with E-state index in [0.717, 1.165) is 33.1 Å². The molecule has 0 unspecified atom stereocenters. The number of aromatic nitrogens is 1. The van der Waals surface area contributed by atoms with Gasteiger partial charge in [0.25, 0.3) is 5.91 Å². The van der Waals surface area contributed by atoms with Gasteiger partial charge in [-0.1, -0.05) is 6.07 Å². The Kier molecular flexibility index (Phi) is 5.70. The quantitative estimate of drug-likeness (QED) is 0.607. The zero-order chi connectivity index (χ0) is 20.4. The van der Waals surface area contributed by atoms with Gasteiger partial charge in [0, 0.05) is 18.3 Å². The van der Waals surface area contributed by atoms with Crippen LogP contribution in [0, 0.1) is 20.8 Å². The first-order valence-corrected chi connectivity index (χ1v) is 9.72. The summed E-state index contributed by atoms with van der Waals surface area (Å²) in [5, 5.41) is 0.774. The van der Waals surface area contributed by atoms with Gasteiger partial charge in [0.2, 0.25) is 0 Å². The molecule has 6 heteroatoms. The van der Waals surface area contributed by atoms with Gasteiger partial charge in [0.05, 0.1) is 19.9 Å². The van der Waals surface area contributed by atoms with Crippen LogP contribution in [-0.2, 0) is 0 Å². The highest BCUT2D eigenvalue weighted by atomic mass is 32.1. The summed E-state index contributed by atoms with van der Waals surface area (Å²) in [6, 6.07) is 11.7. The van der Waals surface area contributed by atoms with Crippen molar-refractivity contribution in [1.29, 1.82) is 0 Å². The van der Waals surface area contributed by atoms with Crippen molar-refractivity contribution in [1.82, 2.24) is 4.98 Å². The van der Waals surface area contributed by atoms with Crippen molar-refractivity contribution in [3.8, 4) is 22.1 Å². The number of carbonyl (C=O) groups excluding carboxylic acids is 1. The zero-order valence-electron chi connectivity index (χ0n) is 17.0. The van der Waals surface area contributed by atoms with Gasteiger partial charge in [-0.25, -0.2) is 4.98 Å². The van der Waals surface area contributed by atoms with Crippen molar-refractivity contribution in [2.45, 2.75) is 20.8 Å². The lowest BCUT2D eigenvalue weighted by atomic mass is 10.1. The third-order valence-corrected chi connectivity index (χ3v) is 5.71. The van der Waals surface area contributed by atoms with E-state index in [0.29, 0.717) is 16.4 Å². The molecule has 0 aliphatic rings. The molecule has 0 aliphatic heterocycles. The molecule has 28 heavy (non-hydrogen) atoms. The van der Waals surface area contributed by atoms with Crippen LogP contribution >= 0.6 is 11.3 Å². The molecule has 1 heterocycles. The second-order valence-corrected chi connectivity index (χ2v) is 7.71. The zero-order valence-corrected chi connectivity index (χ0v) is 17.8. The molecule has 0 spiro atoms. The van der Waals surface area contributed by atoms with Crippen LogP contribution in [0.2, 0.25) is 0 Å². The number of rotatable bonds is 5. The Bertz CT molecular complexity index is 1010. The molecule has 0 atom stereocenters. The van der Waals surface area contributed by atoms with E-state index in [1.165, 1.54) is 11.3 Å². The molecular formula is C22H24N2O3S. The summed E-state index contributed by atoms with van der Waals surface area (Å²) >= 11 is 1.39. The van der Waals surface area contributed by atoms with Crippen molar-refractivity contribution in [2.75, 3.05) is 26.2 Å². The minimum absolute atomic E-state index is 0.0632. The SMILES string of the molecule is COc1ccc(-c2nc(C)c(C(=O)N(C)c3cc(C)cc(C)c3)s2)cc1OC. The molecule has 0 saturated heterocycles. The van der Waals surface area contributed by atoms with E-state index in [1.807, 2.05) is 51.1 Å². The summed E-state index contributed by atoms with van der Waals surface area (Å²) in [5.41, 5.74) is 4.74. The highest BCUT2D eigenvalue weighted by Gasteiger charge is 2.21. The molecule has 0 aliphatic carbocycles. The molecule has 0 saturated carbocycles. The number of methoxy groups -OCH3 is 2. The van der Waals surface area contributed by atoms with Crippen LogP contribution in [0.25, 0.3) is 10.6 Å². The average Bonchev–Trinajstić information content (AvgIpc) is 3.07. The number of hydrogen-bond acceptors (Lipinski definition) is 5. The summed E-state index contributed by atoms with van der Waals surface area (Å²) < 4.78 is 10.7. The lowest BCUT2D eigenvalue weighted by molar-refractivity contribution is 0.0996. The van der Waals surface area contributed by atoms with E-state index in [4.69, 9.17) is 9.47 Å². The van der Waals surface area contributed by atoms with Gasteiger partial charge in [-0.05, 0) is 62.2 Å². The van der Waals surface area contributed by atoms with E-state index in [-0.39, 0.29) is 5.91 Å². The number of ether oxygens (including phenoxy) is 2. The molecule has 0 fully saturated rings. The van der Waals surface area contributed by atoms with Crippen LogP contribution in [0.1, 0.15) is 26.5 Å². The lowest BCUT2D eigenvalue weighted by Crippen LogP contribution is -2.26. The van der Waals surface area contributed by atoms with Gasteiger partial charge in [-0.15, -0.1) is 11.3 Å². The first kappa shape index (κ1) is 19.9. The van der Waals surface area contributed by atoms with Gasteiger partial charge in [-0.3, -0.25) is 4.79 Å². The normalized spacial score (nSPS) is 10.6. The van der Waals surface area contributed by atoms with E-state index in [1.54, 1.807) is 26.2 Å². The molecule has 2 aromatic carbocycles. The lowest BCUT2D eigenvalue weighted by Gasteiger charge is -2.18. The Morgan fingerprint density at radius 1 is 0.964 bits per heavy atom. The third kappa shape index (κ3) is 3.87. The maximum Gasteiger partial charge on any atom is 0.270 e. The van der Waals surface area contributed by atoms with Crippen LogP contribution in [0.3, 0.4) is 0 Å². The predicted octanol–water partition coefficient (Wildman–Crippen LogP) is 5.03. The Morgan fingerprint density at radius 2 is 1.61 bits per heavy atom. The number of carbonyl (C=O) groups is 1. The van der Waals surface area contributed by atoms with Crippen molar-refractivity contribution in [3.05, 3.63) is 58.1 Å². The Morgan fingerprint density at radius 3 is 2.21 bits per heavy atom.